The Kier molecular flexibility index (Phi) is 5.62. The number of benzene rings is 1. The van der Waals surface area contributed by atoms with Gasteiger partial charge in [0, 0.05) is 19.6 Å². The fourth-order valence-electron chi connectivity index (χ4n) is 3.48. The molecule has 28 heavy (non-hydrogen) atoms. The van der Waals surface area contributed by atoms with Crippen molar-refractivity contribution in [3.05, 3.63) is 53.5 Å². The number of amides is 1. The van der Waals surface area contributed by atoms with Gasteiger partial charge in [0.25, 0.3) is 0 Å². The number of fused-ring (bicyclic) bond motifs is 1. The van der Waals surface area contributed by atoms with Crippen LogP contribution in [0.3, 0.4) is 0 Å². The number of aromatic nitrogens is 1. The fourth-order valence-corrected chi connectivity index (χ4v) is 4.37. The first-order valence-electron chi connectivity index (χ1n) is 9.52. The molecule has 1 amide bonds. The molecule has 0 unspecified atom stereocenters. The molecule has 1 aromatic carbocycles. The fraction of sp³-hybridized carbons (Fsp3) is 0.333. The van der Waals surface area contributed by atoms with E-state index in [9.17, 15) is 4.79 Å². The topological polar surface area (TPSA) is 80.5 Å². The minimum absolute atomic E-state index is 0.228. The van der Waals surface area contributed by atoms with Gasteiger partial charge in [-0.25, -0.2) is 4.79 Å². The molecule has 0 spiro atoms. The number of nitrogens with one attached hydrogen (secondary N) is 1. The number of carbonyl (C=O) groups is 1. The lowest BCUT2D eigenvalue weighted by Crippen LogP contribution is -2.40. The number of ether oxygens (including phenoxy) is 1. The number of likely N-dealkylation sites (tertiary alicyclic amines) is 1. The van der Waals surface area contributed by atoms with Crippen molar-refractivity contribution in [2.75, 3.05) is 30.7 Å². The summed E-state index contributed by atoms with van der Waals surface area (Å²) in [4.78, 5) is 18.4. The zero-order chi connectivity index (χ0) is 19.3. The Hall–Kier alpha value is -2.80. The number of nitrogens with two attached hydrogens (primary N) is 1. The van der Waals surface area contributed by atoms with Gasteiger partial charge in [0.05, 0.1) is 27.8 Å². The lowest BCUT2D eigenvalue weighted by molar-refractivity contribution is 0.0832. The van der Waals surface area contributed by atoms with Gasteiger partial charge in [-0.1, -0.05) is 30.3 Å². The lowest BCUT2D eigenvalue weighted by Gasteiger charge is -2.31. The maximum absolute atomic E-state index is 12.3. The van der Waals surface area contributed by atoms with Crippen molar-refractivity contribution >= 4 is 39.0 Å². The van der Waals surface area contributed by atoms with Crippen LogP contribution in [0.25, 0.3) is 10.2 Å². The highest BCUT2D eigenvalue weighted by Crippen LogP contribution is 2.32. The zero-order valence-corrected chi connectivity index (χ0v) is 16.5. The second-order valence-electron chi connectivity index (χ2n) is 7.08. The largest absolute Gasteiger partial charge is 0.445 e. The molecule has 1 saturated heterocycles. The maximum atomic E-state index is 12.3. The quantitative estimate of drug-likeness (QED) is 0.671. The molecule has 0 bridgehead atoms. The van der Waals surface area contributed by atoms with Crippen molar-refractivity contribution in [3.8, 4) is 0 Å². The van der Waals surface area contributed by atoms with Crippen LogP contribution < -0.4 is 11.1 Å². The molecule has 7 heteroatoms. The molecule has 0 atom stereocenters. The Balaban J connectivity index is 1.25. The predicted molar refractivity (Wildman–Crippen MR) is 113 cm³/mol. The van der Waals surface area contributed by atoms with Gasteiger partial charge in [-0.05, 0) is 35.8 Å². The average molecular weight is 397 g/mol. The van der Waals surface area contributed by atoms with Crippen molar-refractivity contribution in [1.29, 1.82) is 0 Å². The minimum Gasteiger partial charge on any atom is -0.445 e. The SMILES string of the molecule is Nc1cnc2ccsc2c1NCC1CCN(C(=O)OCc2ccccc2)CC1. The van der Waals surface area contributed by atoms with E-state index in [1.54, 1.807) is 22.4 Å². The first-order valence-corrected chi connectivity index (χ1v) is 10.4. The van der Waals surface area contributed by atoms with Crippen LogP contribution in [0.1, 0.15) is 18.4 Å². The molecule has 4 rings (SSSR count). The summed E-state index contributed by atoms with van der Waals surface area (Å²) in [5.74, 6) is 0.501. The summed E-state index contributed by atoms with van der Waals surface area (Å²) in [6, 6.07) is 11.8. The third kappa shape index (κ3) is 4.20. The van der Waals surface area contributed by atoms with Crippen molar-refractivity contribution < 1.29 is 9.53 Å². The molecular weight excluding hydrogens is 372 g/mol. The molecule has 3 heterocycles. The number of anilines is 2. The van der Waals surface area contributed by atoms with E-state index in [4.69, 9.17) is 10.5 Å². The highest BCUT2D eigenvalue weighted by atomic mass is 32.1. The molecule has 3 aromatic rings. The van der Waals surface area contributed by atoms with E-state index >= 15 is 0 Å². The smallest absolute Gasteiger partial charge is 0.410 e. The Morgan fingerprint density at radius 2 is 2.04 bits per heavy atom. The number of hydrogen-bond donors (Lipinski definition) is 2. The minimum atomic E-state index is -0.228. The van der Waals surface area contributed by atoms with E-state index in [2.05, 4.69) is 10.3 Å². The first kappa shape index (κ1) is 18.6. The van der Waals surface area contributed by atoms with Gasteiger partial charge in [0.2, 0.25) is 0 Å². The molecule has 146 valence electrons. The van der Waals surface area contributed by atoms with E-state index in [0.29, 0.717) is 18.2 Å². The Bertz CT molecular complexity index is 936. The van der Waals surface area contributed by atoms with E-state index in [1.807, 2.05) is 41.8 Å². The highest BCUT2D eigenvalue weighted by Gasteiger charge is 2.24. The first-order chi connectivity index (χ1) is 13.7. The van der Waals surface area contributed by atoms with Crippen LogP contribution in [0.4, 0.5) is 16.2 Å². The standard InChI is InChI=1S/C21H24N4O2S/c22-17-13-23-18-8-11-28-20(18)19(17)24-12-15-6-9-25(10-7-15)21(26)27-14-16-4-2-1-3-5-16/h1-5,8,11,13,15H,6-7,9-10,12,14,22H2,(H,23,24). The normalized spacial score (nSPS) is 14.9. The van der Waals surface area contributed by atoms with Gasteiger partial charge in [-0.2, -0.15) is 0 Å². The van der Waals surface area contributed by atoms with Gasteiger partial charge >= 0.3 is 6.09 Å². The number of hydrogen-bond acceptors (Lipinski definition) is 6. The molecule has 1 aliphatic rings. The summed E-state index contributed by atoms with van der Waals surface area (Å²) in [5.41, 5.74) is 9.75. The Labute approximate surface area is 168 Å². The number of pyridine rings is 1. The number of nitrogen functional groups attached to an aromatic ring is 1. The molecule has 0 saturated carbocycles. The number of thiophene rings is 1. The molecule has 0 radical (unpaired) electrons. The monoisotopic (exact) mass is 396 g/mol. The third-order valence-electron chi connectivity index (χ3n) is 5.15. The summed E-state index contributed by atoms with van der Waals surface area (Å²) in [6.45, 7) is 2.60. The number of piperidine rings is 1. The van der Waals surface area contributed by atoms with E-state index in [0.717, 1.165) is 53.9 Å². The summed E-state index contributed by atoms with van der Waals surface area (Å²) in [6.07, 6.45) is 3.38. The predicted octanol–water partition coefficient (Wildman–Crippen LogP) is 4.34. The van der Waals surface area contributed by atoms with E-state index in [-0.39, 0.29) is 6.09 Å². The highest BCUT2D eigenvalue weighted by molar-refractivity contribution is 7.17. The summed E-state index contributed by atoms with van der Waals surface area (Å²) < 4.78 is 6.54. The number of carbonyl (C=O) groups excluding carboxylic acids is 1. The molecule has 2 aromatic heterocycles. The number of nitrogens with zero attached hydrogens (tertiary/aromatic N) is 2. The second kappa shape index (κ2) is 8.48. The van der Waals surface area contributed by atoms with Gasteiger partial charge in [0.15, 0.2) is 0 Å². The maximum Gasteiger partial charge on any atom is 0.410 e. The molecule has 1 aliphatic heterocycles. The lowest BCUT2D eigenvalue weighted by atomic mass is 9.97. The van der Waals surface area contributed by atoms with Crippen LogP contribution in [0.15, 0.2) is 48.0 Å². The molecular formula is C21H24N4O2S. The molecule has 0 aliphatic carbocycles. The number of rotatable bonds is 5. The Morgan fingerprint density at radius 3 is 2.82 bits per heavy atom. The van der Waals surface area contributed by atoms with Gasteiger partial charge in [0.1, 0.15) is 6.61 Å². The van der Waals surface area contributed by atoms with Gasteiger partial charge in [-0.15, -0.1) is 11.3 Å². The summed E-state index contributed by atoms with van der Waals surface area (Å²) in [5, 5.41) is 5.54. The molecule has 6 nitrogen and oxygen atoms in total. The summed E-state index contributed by atoms with van der Waals surface area (Å²) >= 11 is 1.65. The third-order valence-corrected chi connectivity index (χ3v) is 6.07. The van der Waals surface area contributed by atoms with Crippen LogP contribution in [0.2, 0.25) is 0 Å². The van der Waals surface area contributed by atoms with Crippen LogP contribution in [0.5, 0.6) is 0 Å². The summed E-state index contributed by atoms with van der Waals surface area (Å²) in [7, 11) is 0. The van der Waals surface area contributed by atoms with E-state index < -0.39 is 0 Å². The average Bonchev–Trinajstić information content (AvgIpc) is 3.21. The molecule has 3 N–H and O–H groups in total. The van der Waals surface area contributed by atoms with E-state index in [1.165, 1.54) is 0 Å². The van der Waals surface area contributed by atoms with Crippen molar-refractivity contribution in [1.82, 2.24) is 9.88 Å². The van der Waals surface area contributed by atoms with Gasteiger partial charge in [-0.3, -0.25) is 4.98 Å². The Morgan fingerprint density at radius 1 is 1.25 bits per heavy atom. The van der Waals surface area contributed by atoms with Crippen LogP contribution >= 0.6 is 11.3 Å². The van der Waals surface area contributed by atoms with Crippen molar-refractivity contribution in [2.45, 2.75) is 19.4 Å². The van der Waals surface area contributed by atoms with Crippen LogP contribution in [0, 0.1) is 5.92 Å². The van der Waals surface area contributed by atoms with Gasteiger partial charge < -0.3 is 20.7 Å². The zero-order valence-electron chi connectivity index (χ0n) is 15.6. The van der Waals surface area contributed by atoms with Crippen LogP contribution in [-0.4, -0.2) is 35.6 Å². The van der Waals surface area contributed by atoms with Crippen LogP contribution in [-0.2, 0) is 11.3 Å². The van der Waals surface area contributed by atoms with Crippen molar-refractivity contribution in [2.24, 2.45) is 5.92 Å². The molecule has 1 fully saturated rings. The second-order valence-corrected chi connectivity index (χ2v) is 7.99. The van der Waals surface area contributed by atoms with Crippen molar-refractivity contribution in [3.63, 3.8) is 0 Å².